The summed E-state index contributed by atoms with van der Waals surface area (Å²) >= 11 is 0. The first-order valence-electron chi connectivity index (χ1n) is 20.9. The normalized spacial score (nSPS) is 11.2. The van der Waals surface area contributed by atoms with Gasteiger partial charge in [0.05, 0.1) is 17.1 Å². The van der Waals surface area contributed by atoms with Crippen LogP contribution in [0.15, 0.2) is 247 Å². The maximum Gasteiger partial charge on any atom is 0.227 e. The molecule has 11 rings (SSSR count). The van der Waals surface area contributed by atoms with Crippen LogP contribution >= 0.6 is 0 Å². The van der Waals surface area contributed by atoms with Gasteiger partial charge in [0.15, 0.2) is 5.58 Å². The lowest BCUT2D eigenvalue weighted by Gasteiger charge is -2.34. The molecule has 0 aliphatic rings. The van der Waals surface area contributed by atoms with Crippen LogP contribution in [0.2, 0.25) is 0 Å². The maximum atomic E-state index is 6.64. The van der Waals surface area contributed by atoms with Crippen LogP contribution in [0, 0.1) is 0 Å². The molecule has 5 nitrogen and oxygen atoms in total. The maximum absolute atomic E-state index is 6.64. The molecule has 0 aliphatic carbocycles. The second-order valence-corrected chi connectivity index (χ2v) is 15.2. The summed E-state index contributed by atoms with van der Waals surface area (Å²) in [7, 11) is 0. The van der Waals surface area contributed by atoms with E-state index in [-0.39, 0.29) is 0 Å². The molecule has 0 amide bonds. The SMILES string of the molecule is c1ccc(-c2nc3ccc4ccc5c(N(c6ccccc6)c6ccccc6N(c6ccccc6)c6cccc(N(c7ccccc7)c7ccccc7)c6)cccc5c4c3o2)cc1. The number of nitrogens with zero attached hydrogens (tertiary/aromatic N) is 4. The van der Waals surface area contributed by atoms with Crippen LogP contribution < -0.4 is 14.7 Å². The van der Waals surface area contributed by atoms with Crippen LogP contribution in [0.4, 0.5) is 51.2 Å². The van der Waals surface area contributed by atoms with E-state index in [0.29, 0.717) is 5.89 Å². The highest BCUT2D eigenvalue weighted by Gasteiger charge is 2.25. The summed E-state index contributed by atoms with van der Waals surface area (Å²) in [6.45, 7) is 0. The van der Waals surface area contributed by atoms with E-state index >= 15 is 0 Å². The van der Waals surface area contributed by atoms with Crippen molar-refractivity contribution in [2.75, 3.05) is 14.7 Å². The Labute approximate surface area is 360 Å². The molecule has 0 aliphatic heterocycles. The van der Waals surface area contributed by atoms with Crippen molar-refractivity contribution in [3.05, 3.63) is 243 Å². The van der Waals surface area contributed by atoms with E-state index < -0.39 is 0 Å². The first-order valence-corrected chi connectivity index (χ1v) is 20.9. The highest BCUT2D eigenvalue weighted by atomic mass is 16.3. The number of benzene rings is 10. The summed E-state index contributed by atoms with van der Waals surface area (Å²) in [6, 6.07) is 85.3. The predicted molar refractivity (Wildman–Crippen MR) is 259 cm³/mol. The summed E-state index contributed by atoms with van der Waals surface area (Å²) < 4.78 is 6.64. The smallest absolute Gasteiger partial charge is 0.227 e. The van der Waals surface area contributed by atoms with E-state index in [1.54, 1.807) is 0 Å². The van der Waals surface area contributed by atoms with Crippen LogP contribution in [0.3, 0.4) is 0 Å². The molecule has 62 heavy (non-hydrogen) atoms. The van der Waals surface area contributed by atoms with Crippen molar-refractivity contribution in [2.24, 2.45) is 0 Å². The third-order valence-electron chi connectivity index (χ3n) is 11.4. The quantitative estimate of drug-likeness (QED) is 0.129. The van der Waals surface area contributed by atoms with Crippen LogP contribution in [0.25, 0.3) is 44.1 Å². The van der Waals surface area contributed by atoms with Gasteiger partial charge in [-0.15, -0.1) is 0 Å². The summed E-state index contributed by atoms with van der Waals surface area (Å²) in [6.07, 6.45) is 0. The second-order valence-electron chi connectivity index (χ2n) is 15.2. The van der Waals surface area contributed by atoms with Gasteiger partial charge in [-0.3, -0.25) is 0 Å². The molecule has 0 fully saturated rings. The molecular weight excluding hydrogens is 757 g/mol. The Morgan fingerprint density at radius 3 is 1.39 bits per heavy atom. The van der Waals surface area contributed by atoms with Gasteiger partial charge in [0, 0.05) is 50.5 Å². The molecule has 294 valence electrons. The number of aromatic nitrogens is 1. The average Bonchev–Trinajstić information content (AvgIpc) is 3.79. The molecule has 1 aromatic heterocycles. The molecule has 0 spiro atoms. The third kappa shape index (κ3) is 6.68. The van der Waals surface area contributed by atoms with Crippen LogP contribution in [-0.4, -0.2) is 4.98 Å². The molecule has 0 unspecified atom stereocenters. The second kappa shape index (κ2) is 16.0. The molecule has 5 heteroatoms. The lowest BCUT2D eigenvalue weighted by molar-refractivity contribution is 0.623. The average molecular weight is 797 g/mol. The van der Waals surface area contributed by atoms with E-state index in [9.17, 15) is 0 Å². The first kappa shape index (κ1) is 36.7. The van der Waals surface area contributed by atoms with Gasteiger partial charge in [0.2, 0.25) is 5.89 Å². The van der Waals surface area contributed by atoms with Crippen LogP contribution in [0.1, 0.15) is 0 Å². The number of rotatable bonds is 10. The third-order valence-corrected chi connectivity index (χ3v) is 11.4. The lowest BCUT2D eigenvalue weighted by Crippen LogP contribution is -2.17. The van der Waals surface area contributed by atoms with Gasteiger partial charge in [-0.25, -0.2) is 4.98 Å². The topological polar surface area (TPSA) is 35.8 Å². The van der Waals surface area contributed by atoms with Crippen LogP contribution in [0.5, 0.6) is 0 Å². The molecule has 11 aromatic rings. The Bertz CT molecular complexity index is 3260. The highest BCUT2D eigenvalue weighted by molar-refractivity contribution is 6.20. The molecular formula is C57H40N4O. The molecule has 0 atom stereocenters. The minimum atomic E-state index is 0.613. The van der Waals surface area contributed by atoms with E-state index in [4.69, 9.17) is 9.40 Å². The molecule has 0 saturated carbocycles. The summed E-state index contributed by atoms with van der Waals surface area (Å²) in [5.74, 6) is 0.613. The molecule has 0 saturated heterocycles. The summed E-state index contributed by atoms with van der Waals surface area (Å²) in [4.78, 5) is 12.0. The van der Waals surface area contributed by atoms with Crippen molar-refractivity contribution in [1.82, 2.24) is 4.98 Å². The number of anilines is 9. The number of fused-ring (bicyclic) bond motifs is 5. The van der Waals surface area contributed by atoms with Gasteiger partial charge in [-0.05, 0) is 114 Å². The fraction of sp³-hybridized carbons (Fsp3) is 0. The zero-order chi connectivity index (χ0) is 41.2. The van der Waals surface area contributed by atoms with Crippen molar-refractivity contribution < 1.29 is 4.42 Å². The van der Waals surface area contributed by atoms with Crippen molar-refractivity contribution in [3.8, 4) is 11.5 Å². The Balaban J connectivity index is 1.12. The fourth-order valence-electron chi connectivity index (χ4n) is 8.65. The van der Waals surface area contributed by atoms with Gasteiger partial charge >= 0.3 is 0 Å². The van der Waals surface area contributed by atoms with Crippen molar-refractivity contribution in [3.63, 3.8) is 0 Å². The van der Waals surface area contributed by atoms with Gasteiger partial charge in [-0.2, -0.15) is 0 Å². The Morgan fingerprint density at radius 2 is 0.774 bits per heavy atom. The molecule has 0 radical (unpaired) electrons. The number of oxazole rings is 1. The van der Waals surface area contributed by atoms with Gasteiger partial charge in [0.1, 0.15) is 5.52 Å². The Morgan fingerprint density at radius 1 is 0.323 bits per heavy atom. The summed E-state index contributed by atoms with van der Waals surface area (Å²) in [5, 5.41) is 4.33. The van der Waals surface area contributed by atoms with Crippen molar-refractivity contribution in [2.45, 2.75) is 0 Å². The number of para-hydroxylation sites is 6. The molecule has 10 aromatic carbocycles. The number of hydrogen-bond donors (Lipinski definition) is 0. The first-order chi connectivity index (χ1) is 30.8. The minimum absolute atomic E-state index is 0.613. The predicted octanol–water partition coefficient (Wildman–Crippen LogP) is 16.2. The highest BCUT2D eigenvalue weighted by Crippen LogP contribution is 2.49. The van der Waals surface area contributed by atoms with Gasteiger partial charge < -0.3 is 19.1 Å². The molecule has 0 N–H and O–H groups in total. The lowest BCUT2D eigenvalue weighted by atomic mass is 9.99. The molecule has 1 heterocycles. The van der Waals surface area contributed by atoms with E-state index in [0.717, 1.165) is 89.4 Å². The van der Waals surface area contributed by atoms with E-state index in [1.807, 2.05) is 30.3 Å². The standard InChI is InChI=1S/C57H40N4O/c1-6-20-42(21-7-1)57-58-51-39-37-41-36-38-49-50(55(41)56(51)62-57)32-19-35-52(49)61(46-28-14-5-15-29-46)54-34-17-16-33-53(54)60(45-26-12-4-13-27-45)48-31-18-30-47(40-48)59(43-22-8-2-9-23-43)44-24-10-3-11-25-44/h1-40H. The zero-order valence-electron chi connectivity index (χ0n) is 33.8. The monoisotopic (exact) mass is 796 g/mol. The van der Waals surface area contributed by atoms with Crippen LogP contribution in [-0.2, 0) is 0 Å². The summed E-state index contributed by atoms with van der Waals surface area (Å²) in [5.41, 5.74) is 12.0. The van der Waals surface area contributed by atoms with Crippen molar-refractivity contribution >= 4 is 83.8 Å². The molecule has 0 bridgehead atoms. The minimum Gasteiger partial charge on any atom is -0.435 e. The largest absolute Gasteiger partial charge is 0.435 e. The fourth-order valence-corrected chi connectivity index (χ4v) is 8.65. The Hall–Kier alpha value is -8.41. The van der Waals surface area contributed by atoms with E-state index in [2.05, 4.69) is 227 Å². The zero-order valence-corrected chi connectivity index (χ0v) is 33.8. The van der Waals surface area contributed by atoms with E-state index in [1.165, 1.54) is 0 Å². The van der Waals surface area contributed by atoms with Gasteiger partial charge in [-0.1, -0.05) is 140 Å². The van der Waals surface area contributed by atoms with Crippen molar-refractivity contribution in [1.29, 1.82) is 0 Å². The number of hydrogen-bond acceptors (Lipinski definition) is 5. The van der Waals surface area contributed by atoms with Gasteiger partial charge in [0.25, 0.3) is 0 Å². The Kier molecular flexibility index (Phi) is 9.45.